The van der Waals surface area contributed by atoms with Crippen LogP contribution >= 0.6 is 0 Å². The van der Waals surface area contributed by atoms with Gasteiger partial charge in [0.15, 0.2) is 5.75 Å². The predicted molar refractivity (Wildman–Crippen MR) is 110 cm³/mol. The normalized spacial score (nSPS) is 18.9. The van der Waals surface area contributed by atoms with Gasteiger partial charge >= 0.3 is 6.18 Å². The van der Waals surface area contributed by atoms with Crippen LogP contribution in [0.1, 0.15) is 30.4 Å². The Balaban J connectivity index is 1.51. The van der Waals surface area contributed by atoms with Crippen molar-refractivity contribution >= 4 is 17.4 Å². The molecule has 0 bridgehead atoms. The van der Waals surface area contributed by atoms with Crippen molar-refractivity contribution < 1.29 is 22.7 Å². The van der Waals surface area contributed by atoms with Crippen LogP contribution in [-0.4, -0.2) is 47.7 Å². The van der Waals surface area contributed by atoms with E-state index in [1.54, 1.807) is 6.07 Å². The SMILES string of the molecule is O=C(C1CC1)N1CCCN(C2=Nc3cc(C(F)(F)F)ccc3Oc3ccccc32)CC1. The van der Waals surface area contributed by atoms with Crippen molar-refractivity contribution in [2.75, 3.05) is 26.2 Å². The molecule has 8 heteroatoms. The Labute approximate surface area is 178 Å². The number of fused-ring (bicyclic) bond motifs is 2. The van der Waals surface area contributed by atoms with E-state index in [4.69, 9.17) is 4.74 Å². The van der Waals surface area contributed by atoms with Gasteiger partial charge in [-0.1, -0.05) is 12.1 Å². The number of ether oxygens (including phenoxy) is 1. The standard InChI is InChI=1S/C23H22F3N3O2/c24-23(25,26)16-8-9-20-18(14-16)27-21(17-4-1-2-5-19(17)31-20)28-10-3-11-29(13-12-28)22(30)15-6-7-15/h1-2,4-5,8-9,14-15H,3,6-7,10-13H2. The molecule has 2 fully saturated rings. The molecule has 5 nitrogen and oxygen atoms in total. The molecule has 2 aromatic carbocycles. The molecule has 2 aliphatic heterocycles. The number of benzene rings is 2. The van der Waals surface area contributed by atoms with Crippen molar-refractivity contribution in [2.45, 2.75) is 25.4 Å². The second-order valence-corrected chi connectivity index (χ2v) is 8.15. The summed E-state index contributed by atoms with van der Waals surface area (Å²) in [5.41, 5.74) is 0.117. The summed E-state index contributed by atoms with van der Waals surface area (Å²) < 4.78 is 45.8. The second kappa shape index (κ2) is 7.59. The Kier molecular flexibility index (Phi) is 4.87. The van der Waals surface area contributed by atoms with Crippen LogP contribution in [0, 0.1) is 5.92 Å². The lowest BCUT2D eigenvalue weighted by Gasteiger charge is -2.25. The molecule has 2 heterocycles. The molecule has 3 aliphatic rings. The zero-order valence-electron chi connectivity index (χ0n) is 16.9. The highest BCUT2D eigenvalue weighted by Crippen LogP contribution is 2.41. The minimum atomic E-state index is -4.46. The fraction of sp³-hybridized carbons (Fsp3) is 0.391. The molecule has 1 saturated carbocycles. The Morgan fingerprint density at radius 3 is 2.58 bits per heavy atom. The fourth-order valence-corrected chi connectivity index (χ4v) is 4.08. The van der Waals surface area contributed by atoms with Crippen molar-refractivity contribution in [3.63, 3.8) is 0 Å². The van der Waals surface area contributed by atoms with Crippen LogP contribution in [0.15, 0.2) is 47.5 Å². The maximum atomic E-state index is 13.3. The summed E-state index contributed by atoms with van der Waals surface area (Å²) >= 11 is 0. The Hall–Kier alpha value is -3.03. The van der Waals surface area contributed by atoms with Crippen molar-refractivity contribution in [3.8, 4) is 11.5 Å². The number of aliphatic imine (C=N–C) groups is 1. The van der Waals surface area contributed by atoms with Crippen LogP contribution in [0.4, 0.5) is 18.9 Å². The van der Waals surface area contributed by atoms with Gasteiger partial charge in [0.1, 0.15) is 17.3 Å². The predicted octanol–water partition coefficient (Wildman–Crippen LogP) is 4.83. The van der Waals surface area contributed by atoms with Gasteiger partial charge in [0.2, 0.25) is 5.91 Å². The number of amidine groups is 1. The first-order chi connectivity index (χ1) is 14.9. The summed E-state index contributed by atoms with van der Waals surface area (Å²) in [6.45, 7) is 2.49. The zero-order chi connectivity index (χ0) is 21.6. The first-order valence-electron chi connectivity index (χ1n) is 10.5. The molecule has 0 N–H and O–H groups in total. The first-order valence-corrected chi connectivity index (χ1v) is 10.5. The van der Waals surface area contributed by atoms with E-state index in [9.17, 15) is 18.0 Å². The van der Waals surface area contributed by atoms with Crippen molar-refractivity contribution in [1.82, 2.24) is 9.80 Å². The van der Waals surface area contributed by atoms with Crippen LogP contribution in [0.3, 0.4) is 0 Å². The summed E-state index contributed by atoms with van der Waals surface area (Å²) in [5, 5.41) is 0. The lowest BCUT2D eigenvalue weighted by atomic mass is 10.1. The van der Waals surface area contributed by atoms with Gasteiger partial charge in [-0.2, -0.15) is 13.2 Å². The largest absolute Gasteiger partial charge is 0.454 e. The summed E-state index contributed by atoms with van der Waals surface area (Å²) in [6, 6.07) is 10.7. The van der Waals surface area contributed by atoms with Crippen LogP contribution in [0.2, 0.25) is 0 Å². The highest BCUT2D eigenvalue weighted by atomic mass is 19.4. The quantitative estimate of drug-likeness (QED) is 0.652. The number of para-hydroxylation sites is 1. The average Bonchev–Trinajstić information content (AvgIpc) is 3.60. The minimum Gasteiger partial charge on any atom is -0.454 e. The number of nitrogens with zero attached hydrogens (tertiary/aromatic N) is 3. The van der Waals surface area contributed by atoms with Crippen LogP contribution in [-0.2, 0) is 11.0 Å². The minimum absolute atomic E-state index is 0.149. The van der Waals surface area contributed by atoms with Gasteiger partial charge < -0.3 is 14.5 Å². The molecular formula is C23H22F3N3O2. The average molecular weight is 429 g/mol. The Morgan fingerprint density at radius 1 is 1.00 bits per heavy atom. The number of carbonyl (C=O) groups excluding carboxylic acids is 1. The van der Waals surface area contributed by atoms with Gasteiger partial charge in [-0.3, -0.25) is 4.79 Å². The van der Waals surface area contributed by atoms with Crippen LogP contribution in [0.25, 0.3) is 0 Å². The van der Waals surface area contributed by atoms with Gasteiger partial charge in [-0.05, 0) is 49.6 Å². The maximum Gasteiger partial charge on any atom is 0.416 e. The molecule has 1 aliphatic carbocycles. The molecule has 2 aromatic rings. The number of alkyl halides is 3. The number of hydrogen-bond donors (Lipinski definition) is 0. The van der Waals surface area contributed by atoms with E-state index in [0.29, 0.717) is 37.8 Å². The molecule has 0 aromatic heterocycles. The van der Waals surface area contributed by atoms with E-state index in [-0.39, 0.29) is 23.3 Å². The van der Waals surface area contributed by atoms with Gasteiger partial charge in [-0.25, -0.2) is 4.99 Å². The fourth-order valence-electron chi connectivity index (χ4n) is 4.08. The van der Waals surface area contributed by atoms with Crippen molar-refractivity contribution in [1.29, 1.82) is 0 Å². The number of rotatable bonds is 1. The van der Waals surface area contributed by atoms with E-state index in [1.807, 2.05) is 23.1 Å². The topological polar surface area (TPSA) is 45.1 Å². The Bertz CT molecular complexity index is 1050. The molecule has 5 rings (SSSR count). The van der Waals surface area contributed by atoms with Gasteiger partial charge in [-0.15, -0.1) is 0 Å². The van der Waals surface area contributed by atoms with Gasteiger partial charge in [0, 0.05) is 32.1 Å². The molecule has 0 radical (unpaired) electrons. The van der Waals surface area contributed by atoms with Crippen LogP contribution < -0.4 is 4.74 Å². The lowest BCUT2D eigenvalue weighted by Crippen LogP contribution is -2.38. The first kappa shape index (κ1) is 19.9. The summed E-state index contributed by atoms with van der Waals surface area (Å²) in [4.78, 5) is 21.1. The van der Waals surface area contributed by atoms with Gasteiger partial charge in [0.25, 0.3) is 0 Å². The third-order valence-corrected chi connectivity index (χ3v) is 5.89. The Morgan fingerprint density at radius 2 is 1.81 bits per heavy atom. The molecule has 1 amide bonds. The van der Waals surface area contributed by atoms with Crippen LogP contribution in [0.5, 0.6) is 11.5 Å². The van der Waals surface area contributed by atoms with E-state index < -0.39 is 11.7 Å². The third kappa shape index (κ3) is 3.98. The lowest BCUT2D eigenvalue weighted by molar-refractivity contribution is -0.137. The second-order valence-electron chi connectivity index (χ2n) is 8.15. The summed E-state index contributed by atoms with van der Waals surface area (Å²) in [7, 11) is 0. The van der Waals surface area contributed by atoms with E-state index in [1.165, 1.54) is 6.07 Å². The smallest absolute Gasteiger partial charge is 0.416 e. The number of amides is 1. The van der Waals surface area contributed by atoms with E-state index in [0.717, 1.165) is 37.0 Å². The number of hydrogen-bond acceptors (Lipinski definition) is 4. The molecule has 31 heavy (non-hydrogen) atoms. The molecular weight excluding hydrogens is 407 g/mol. The monoisotopic (exact) mass is 429 g/mol. The van der Waals surface area contributed by atoms with Crippen molar-refractivity contribution in [2.24, 2.45) is 10.9 Å². The van der Waals surface area contributed by atoms with Crippen molar-refractivity contribution in [3.05, 3.63) is 53.6 Å². The maximum absolute atomic E-state index is 13.3. The molecule has 0 atom stereocenters. The molecule has 0 spiro atoms. The van der Waals surface area contributed by atoms with E-state index in [2.05, 4.69) is 9.89 Å². The molecule has 0 unspecified atom stereocenters. The van der Waals surface area contributed by atoms with E-state index >= 15 is 0 Å². The van der Waals surface area contributed by atoms with Gasteiger partial charge in [0.05, 0.1) is 11.1 Å². The molecule has 1 saturated heterocycles. The highest BCUT2D eigenvalue weighted by molar-refractivity contribution is 6.03. The number of carbonyl (C=O) groups is 1. The molecule has 162 valence electrons. The summed E-state index contributed by atoms with van der Waals surface area (Å²) in [6.07, 6.45) is -1.75. The third-order valence-electron chi connectivity index (χ3n) is 5.89. The highest BCUT2D eigenvalue weighted by Gasteiger charge is 2.35. The summed E-state index contributed by atoms with van der Waals surface area (Å²) in [5.74, 6) is 1.80. The number of halogens is 3. The zero-order valence-corrected chi connectivity index (χ0v) is 16.9.